The highest BCUT2D eigenvalue weighted by atomic mass is 16.3. The van der Waals surface area contributed by atoms with Gasteiger partial charge in [0.1, 0.15) is 0 Å². The maximum Gasteiger partial charge on any atom is 0.0756 e. The zero-order valence-electron chi connectivity index (χ0n) is 13.4. The predicted molar refractivity (Wildman–Crippen MR) is 84.3 cm³/mol. The molecule has 0 amide bonds. The first kappa shape index (κ1) is 14.4. The summed E-state index contributed by atoms with van der Waals surface area (Å²) in [6.07, 6.45) is 9.16. The first-order valence-electron chi connectivity index (χ1n) is 8.26. The van der Waals surface area contributed by atoms with Crippen molar-refractivity contribution in [3.05, 3.63) is 24.8 Å². The lowest BCUT2D eigenvalue weighted by Gasteiger charge is -2.58. The number of aliphatic hydroxyl groups is 1. The van der Waals surface area contributed by atoms with Crippen LogP contribution in [-0.4, -0.2) is 11.2 Å². The third kappa shape index (κ3) is 1.71. The molecule has 0 radical (unpaired) electrons. The van der Waals surface area contributed by atoms with Gasteiger partial charge in [-0.25, -0.2) is 0 Å². The Morgan fingerprint density at radius 1 is 1.20 bits per heavy atom. The summed E-state index contributed by atoms with van der Waals surface area (Å²) in [5, 5.41) is 10.3. The fraction of sp³-hybridized carbons (Fsp3) is 0.789. The quantitative estimate of drug-likeness (QED) is 0.686. The van der Waals surface area contributed by atoms with Crippen LogP contribution in [0.15, 0.2) is 24.8 Å². The summed E-state index contributed by atoms with van der Waals surface area (Å²) in [6.45, 7) is 15.5. The van der Waals surface area contributed by atoms with Crippen LogP contribution in [-0.2, 0) is 0 Å². The summed E-state index contributed by atoms with van der Waals surface area (Å²) in [5.74, 6) is 1.40. The Morgan fingerprint density at radius 3 is 2.55 bits per heavy atom. The lowest BCUT2D eigenvalue weighted by atomic mass is 9.46. The van der Waals surface area contributed by atoms with Crippen LogP contribution in [0.3, 0.4) is 0 Å². The first-order chi connectivity index (χ1) is 9.25. The minimum atomic E-state index is -0.270. The molecule has 0 heterocycles. The molecule has 20 heavy (non-hydrogen) atoms. The number of rotatable bonds is 1. The fourth-order valence-corrected chi connectivity index (χ4v) is 5.77. The predicted octanol–water partition coefficient (Wildman–Crippen LogP) is 4.72. The van der Waals surface area contributed by atoms with Crippen molar-refractivity contribution in [2.45, 2.75) is 65.4 Å². The monoisotopic (exact) mass is 274 g/mol. The minimum Gasteiger partial charge on any atom is -0.389 e. The number of allylic oxidation sites excluding steroid dienone is 1. The third-order valence-electron chi connectivity index (χ3n) is 7.54. The van der Waals surface area contributed by atoms with E-state index in [9.17, 15) is 5.11 Å². The van der Waals surface area contributed by atoms with Gasteiger partial charge in [0.05, 0.1) is 6.10 Å². The van der Waals surface area contributed by atoms with Crippen molar-refractivity contribution in [2.75, 3.05) is 0 Å². The summed E-state index contributed by atoms with van der Waals surface area (Å²) in [6, 6.07) is 0. The zero-order valence-corrected chi connectivity index (χ0v) is 13.4. The van der Waals surface area contributed by atoms with Gasteiger partial charge in [0, 0.05) is 0 Å². The smallest absolute Gasteiger partial charge is 0.0756 e. The Bertz CT molecular complexity index is 453. The van der Waals surface area contributed by atoms with Crippen LogP contribution in [0.2, 0.25) is 0 Å². The largest absolute Gasteiger partial charge is 0.389 e. The van der Waals surface area contributed by atoms with Crippen LogP contribution in [0.25, 0.3) is 0 Å². The number of fused-ring (bicyclic) bond motifs is 3. The highest BCUT2D eigenvalue weighted by molar-refractivity contribution is 5.27. The van der Waals surface area contributed by atoms with Crippen LogP contribution in [0, 0.1) is 28.1 Å². The summed E-state index contributed by atoms with van der Waals surface area (Å²) in [7, 11) is 0. The van der Waals surface area contributed by atoms with Crippen molar-refractivity contribution in [3.8, 4) is 0 Å². The topological polar surface area (TPSA) is 20.2 Å². The van der Waals surface area contributed by atoms with Crippen LogP contribution >= 0.6 is 0 Å². The summed E-state index contributed by atoms with van der Waals surface area (Å²) < 4.78 is 0. The van der Waals surface area contributed by atoms with Gasteiger partial charge in [-0.05, 0) is 72.2 Å². The van der Waals surface area contributed by atoms with E-state index >= 15 is 0 Å². The normalized spacial score (nSPS) is 55.2. The van der Waals surface area contributed by atoms with Crippen LogP contribution in [0.4, 0.5) is 0 Å². The number of hydrogen-bond acceptors (Lipinski definition) is 1. The molecule has 0 bridgehead atoms. The molecule has 1 heteroatoms. The molecule has 6 atom stereocenters. The molecule has 3 saturated carbocycles. The molecular weight excluding hydrogens is 244 g/mol. The number of hydrogen-bond donors (Lipinski definition) is 1. The van der Waals surface area contributed by atoms with Gasteiger partial charge in [0.15, 0.2) is 0 Å². The Kier molecular flexibility index (Phi) is 3.04. The molecule has 0 aromatic carbocycles. The second-order valence-electron chi connectivity index (χ2n) is 8.55. The molecule has 3 aliphatic rings. The molecule has 0 saturated heterocycles. The van der Waals surface area contributed by atoms with E-state index in [1.165, 1.54) is 32.1 Å². The average Bonchev–Trinajstić information content (AvgIpc) is 2.66. The molecule has 0 aliphatic heterocycles. The van der Waals surface area contributed by atoms with Crippen molar-refractivity contribution < 1.29 is 5.11 Å². The standard InChI is InChI=1S/C19H30O/c1-6-17(3)9-10-19(5)14(12-17)7-8-18(4)13(2)15(20)11-16(18)19/h6,14-16,20H,1-2,7-12H2,3-5H3/t14-,15-,16-,17-,18+,19-/m0/s1. The molecule has 3 aliphatic carbocycles. The van der Waals surface area contributed by atoms with Gasteiger partial charge in [-0.1, -0.05) is 33.4 Å². The van der Waals surface area contributed by atoms with E-state index in [4.69, 9.17) is 0 Å². The van der Waals surface area contributed by atoms with Crippen molar-refractivity contribution in [2.24, 2.45) is 28.1 Å². The minimum absolute atomic E-state index is 0.173. The first-order valence-corrected chi connectivity index (χ1v) is 8.26. The number of aliphatic hydroxyl groups excluding tert-OH is 1. The van der Waals surface area contributed by atoms with Crippen LogP contribution in [0.1, 0.15) is 59.3 Å². The highest BCUT2D eigenvalue weighted by Gasteiger charge is 2.60. The van der Waals surface area contributed by atoms with Crippen molar-refractivity contribution in [3.63, 3.8) is 0 Å². The highest BCUT2D eigenvalue weighted by Crippen LogP contribution is 2.68. The molecule has 1 nitrogen and oxygen atoms in total. The lowest BCUT2D eigenvalue weighted by Crippen LogP contribution is -2.50. The Hall–Kier alpha value is -0.560. The molecule has 0 unspecified atom stereocenters. The Morgan fingerprint density at radius 2 is 1.90 bits per heavy atom. The molecule has 3 fully saturated rings. The van der Waals surface area contributed by atoms with Gasteiger partial charge in [-0.3, -0.25) is 0 Å². The van der Waals surface area contributed by atoms with Gasteiger partial charge in [-0.15, -0.1) is 6.58 Å². The van der Waals surface area contributed by atoms with E-state index in [1.54, 1.807) is 0 Å². The summed E-state index contributed by atoms with van der Waals surface area (Å²) in [4.78, 5) is 0. The van der Waals surface area contributed by atoms with Crippen molar-refractivity contribution >= 4 is 0 Å². The van der Waals surface area contributed by atoms with Crippen LogP contribution in [0.5, 0.6) is 0 Å². The Labute approximate surface area is 124 Å². The van der Waals surface area contributed by atoms with Crippen LogP contribution < -0.4 is 0 Å². The molecule has 0 spiro atoms. The second kappa shape index (κ2) is 4.22. The molecular formula is C19H30O. The van der Waals surface area contributed by atoms with E-state index in [-0.39, 0.29) is 11.5 Å². The summed E-state index contributed by atoms with van der Waals surface area (Å²) >= 11 is 0. The van der Waals surface area contributed by atoms with E-state index in [2.05, 4.69) is 40.0 Å². The van der Waals surface area contributed by atoms with Gasteiger partial charge in [0.2, 0.25) is 0 Å². The fourth-order valence-electron chi connectivity index (χ4n) is 5.77. The van der Waals surface area contributed by atoms with Crippen molar-refractivity contribution in [1.82, 2.24) is 0 Å². The Balaban J connectivity index is 1.94. The molecule has 3 rings (SSSR count). The van der Waals surface area contributed by atoms with Gasteiger partial charge >= 0.3 is 0 Å². The molecule has 1 N–H and O–H groups in total. The molecule has 0 aromatic rings. The lowest BCUT2D eigenvalue weighted by molar-refractivity contribution is -0.0768. The summed E-state index contributed by atoms with van der Waals surface area (Å²) in [5.41, 5.74) is 1.99. The van der Waals surface area contributed by atoms with Gasteiger partial charge in [-0.2, -0.15) is 0 Å². The van der Waals surface area contributed by atoms with E-state index < -0.39 is 0 Å². The SMILES string of the molecule is C=C[C@@]1(C)CC[C@@]2(C)[C@@H](CC[C@]3(C)C(=C)[C@@H](O)C[C@H]23)C1. The van der Waals surface area contributed by atoms with Gasteiger partial charge < -0.3 is 5.11 Å². The maximum absolute atomic E-state index is 10.3. The van der Waals surface area contributed by atoms with E-state index in [0.717, 1.165) is 17.9 Å². The van der Waals surface area contributed by atoms with E-state index in [1.807, 2.05) is 0 Å². The van der Waals surface area contributed by atoms with Gasteiger partial charge in [0.25, 0.3) is 0 Å². The van der Waals surface area contributed by atoms with Crippen molar-refractivity contribution in [1.29, 1.82) is 0 Å². The van der Waals surface area contributed by atoms with E-state index in [0.29, 0.717) is 16.7 Å². The zero-order chi connectivity index (χ0) is 14.8. The third-order valence-corrected chi connectivity index (χ3v) is 7.54. The average molecular weight is 274 g/mol. The maximum atomic E-state index is 10.3. The second-order valence-corrected chi connectivity index (χ2v) is 8.55. The molecule has 112 valence electrons. The molecule has 0 aromatic heterocycles.